The number of hydrogen-bond acceptors (Lipinski definition) is 2. The maximum absolute atomic E-state index is 12.1. The lowest BCUT2D eigenvalue weighted by Gasteiger charge is -2.13. The fourth-order valence-electron chi connectivity index (χ4n) is 1.52. The molecule has 0 bridgehead atoms. The third-order valence-corrected chi connectivity index (χ3v) is 4.12. The Morgan fingerprint density at radius 3 is 2.19 bits per heavy atom. The van der Waals surface area contributed by atoms with Crippen molar-refractivity contribution in [3.63, 3.8) is 0 Å². The first-order chi connectivity index (χ1) is 9.88. The van der Waals surface area contributed by atoms with Crippen molar-refractivity contribution in [2.75, 3.05) is 5.43 Å². The van der Waals surface area contributed by atoms with Crippen LogP contribution in [0.4, 0.5) is 5.69 Å². The number of hydrogen-bond donors (Lipinski definition) is 2. The monoisotopic (exact) mass is 426 g/mol. The molecule has 3 nitrogen and oxygen atoms in total. The van der Waals surface area contributed by atoms with E-state index in [0.29, 0.717) is 21.3 Å². The van der Waals surface area contributed by atoms with Gasteiger partial charge in [-0.1, -0.05) is 62.3 Å². The van der Waals surface area contributed by atoms with Gasteiger partial charge in [0.15, 0.2) is 0 Å². The minimum atomic E-state index is -0.427. The van der Waals surface area contributed by atoms with E-state index in [1.54, 1.807) is 18.2 Å². The van der Waals surface area contributed by atoms with E-state index in [2.05, 4.69) is 26.8 Å². The summed E-state index contributed by atoms with van der Waals surface area (Å²) in [7, 11) is 0. The summed E-state index contributed by atoms with van der Waals surface area (Å²) in [6.45, 7) is 0. The number of carbonyl (C=O) groups is 1. The molecule has 2 N–H and O–H groups in total. The molecule has 0 heterocycles. The zero-order valence-corrected chi connectivity index (χ0v) is 14.8. The first kappa shape index (κ1) is 16.7. The summed E-state index contributed by atoms with van der Waals surface area (Å²) in [5.74, 6) is -0.427. The maximum atomic E-state index is 12.1. The average Bonchev–Trinajstić information content (AvgIpc) is 2.40. The zero-order valence-electron chi connectivity index (χ0n) is 10.2. The average molecular weight is 429 g/mol. The summed E-state index contributed by atoms with van der Waals surface area (Å²) in [6.07, 6.45) is 0. The normalized spacial score (nSPS) is 10.3. The highest BCUT2D eigenvalue weighted by atomic mass is 79.9. The van der Waals surface area contributed by atoms with Gasteiger partial charge in [-0.05, 0) is 30.3 Å². The van der Waals surface area contributed by atoms with Gasteiger partial charge in [-0.25, -0.2) is 0 Å². The lowest BCUT2D eigenvalue weighted by molar-refractivity contribution is 0.0963. The molecule has 0 radical (unpaired) electrons. The van der Waals surface area contributed by atoms with Crippen LogP contribution in [-0.4, -0.2) is 5.91 Å². The molecule has 21 heavy (non-hydrogen) atoms. The maximum Gasteiger partial charge on any atom is 0.271 e. The molecule has 0 aliphatic heterocycles. The lowest BCUT2D eigenvalue weighted by atomic mass is 10.2. The predicted molar refractivity (Wildman–Crippen MR) is 91.7 cm³/mol. The molecule has 0 saturated heterocycles. The van der Waals surface area contributed by atoms with Gasteiger partial charge >= 0.3 is 0 Å². The lowest BCUT2D eigenvalue weighted by Crippen LogP contribution is -2.29. The zero-order chi connectivity index (χ0) is 15.6. The van der Waals surface area contributed by atoms with Crippen molar-refractivity contribution in [3.05, 3.63) is 60.5 Å². The number of rotatable bonds is 3. The van der Waals surface area contributed by atoms with Gasteiger partial charge in [0, 0.05) is 9.50 Å². The van der Waals surface area contributed by atoms with Crippen molar-refractivity contribution in [2.24, 2.45) is 0 Å². The van der Waals surface area contributed by atoms with E-state index in [1.165, 1.54) is 12.1 Å². The summed E-state index contributed by atoms with van der Waals surface area (Å²) in [5.41, 5.74) is 5.79. The number of hydrazine groups is 1. The van der Waals surface area contributed by atoms with Crippen LogP contribution in [0.1, 0.15) is 10.4 Å². The molecule has 0 fully saturated rings. The number of nitrogens with one attached hydrogen (secondary N) is 2. The van der Waals surface area contributed by atoms with Crippen LogP contribution < -0.4 is 10.9 Å². The van der Waals surface area contributed by atoms with Crippen LogP contribution in [0.15, 0.2) is 34.8 Å². The molecular weight excluding hydrogens is 422 g/mol. The van der Waals surface area contributed by atoms with Crippen molar-refractivity contribution in [1.29, 1.82) is 0 Å². The predicted octanol–water partition coefficient (Wildman–Crippen LogP) is 5.82. The van der Waals surface area contributed by atoms with Gasteiger partial charge in [0.05, 0.1) is 26.3 Å². The van der Waals surface area contributed by atoms with E-state index in [-0.39, 0.29) is 10.0 Å². The molecule has 2 aromatic carbocycles. The van der Waals surface area contributed by atoms with Crippen LogP contribution in [0.2, 0.25) is 20.1 Å². The van der Waals surface area contributed by atoms with Crippen molar-refractivity contribution in [1.82, 2.24) is 5.43 Å². The van der Waals surface area contributed by atoms with Gasteiger partial charge in [0.2, 0.25) is 0 Å². The van der Waals surface area contributed by atoms with Crippen LogP contribution >= 0.6 is 62.3 Å². The molecule has 0 aliphatic rings. The number of anilines is 1. The topological polar surface area (TPSA) is 41.1 Å². The van der Waals surface area contributed by atoms with Crippen molar-refractivity contribution < 1.29 is 4.79 Å². The second kappa shape index (κ2) is 7.07. The second-order valence-corrected chi connectivity index (χ2v) is 6.52. The molecule has 1 amide bonds. The van der Waals surface area contributed by atoms with Gasteiger partial charge in [0.1, 0.15) is 0 Å². The summed E-state index contributed by atoms with van der Waals surface area (Å²) >= 11 is 27.1. The largest absolute Gasteiger partial charge is 0.295 e. The number of carbonyl (C=O) groups excluding carboxylic acids is 1. The highest BCUT2D eigenvalue weighted by Crippen LogP contribution is 2.33. The molecule has 0 atom stereocenters. The van der Waals surface area contributed by atoms with Crippen molar-refractivity contribution in [2.45, 2.75) is 0 Å². The molecule has 0 unspecified atom stereocenters. The minimum absolute atomic E-state index is 0.285. The molecule has 0 saturated carbocycles. The smallest absolute Gasteiger partial charge is 0.271 e. The van der Waals surface area contributed by atoms with E-state index >= 15 is 0 Å². The fraction of sp³-hybridized carbons (Fsp3) is 0. The van der Waals surface area contributed by atoms with Gasteiger partial charge < -0.3 is 0 Å². The quantitative estimate of drug-likeness (QED) is 0.605. The third kappa shape index (κ3) is 4.18. The first-order valence-electron chi connectivity index (χ1n) is 5.54. The van der Waals surface area contributed by atoms with E-state index < -0.39 is 5.91 Å². The Balaban J connectivity index is 2.17. The van der Waals surface area contributed by atoms with E-state index in [0.717, 1.165) is 4.47 Å². The molecular formula is C13H7BrCl4N2O. The Bertz CT molecular complexity index is 686. The number of benzene rings is 2. The molecule has 2 rings (SSSR count). The van der Waals surface area contributed by atoms with E-state index in [1.807, 2.05) is 0 Å². The fourth-order valence-corrected chi connectivity index (χ4v) is 3.00. The Labute approximate surface area is 149 Å². The molecule has 0 spiro atoms. The van der Waals surface area contributed by atoms with Gasteiger partial charge in [-0.2, -0.15) is 0 Å². The number of amides is 1. The Kier molecular flexibility index (Phi) is 5.63. The van der Waals surface area contributed by atoms with Gasteiger partial charge in [-0.15, -0.1) is 0 Å². The molecule has 8 heteroatoms. The van der Waals surface area contributed by atoms with Crippen LogP contribution in [-0.2, 0) is 0 Å². The Hall–Kier alpha value is -0.650. The van der Waals surface area contributed by atoms with Gasteiger partial charge in [0.25, 0.3) is 5.91 Å². The van der Waals surface area contributed by atoms with Crippen LogP contribution in [0.3, 0.4) is 0 Å². The summed E-state index contributed by atoms with van der Waals surface area (Å²) < 4.78 is 0.736. The molecule has 110 valence electrons. The first-order valence-corrected chi connectivity index (χ1v) is 7.85. The van der Waals surface area contributed by atoms with E-state index in [9.17, 15) is 4.79 Å². The highest BCUT2D eigenvalue weighted by Gasteiger charge is 2.13. The standard InChI is InChI=1S/C13H7BrCl4N2O/c14-6-1-2-9(16)8(3-6)13(21)20-19-12-10(17)4-7(15)5-11(12)18/h1-5,19H,(H,20,21). The Morgan fingerprint density at radius 1 is 0.952 bits per heavy atom. The Morgan fingerprint density at radius 2 is 1.57 bits per heavy atom. The SMILES string of the molecule is O=C(NNc1c(Cl)cc(Cl)cc1Cl)c1cc(Br)ccc1Cl. The molecule has 0 aliphatic carbocycles. The molecule has 2 aromatic rings. The van der Waals surface area contributed by atoms with Gasteiger partial charge in [-0.3, -0.25) is 15.6 Å². The van der Waals surface area contributed by atoms with Crippen LogP contribution in [0.25, 0.3) is 0 Å². The van der Waals surface area contributed by atoms with E-state index in [4.69, 9.17) is 46.4 Å². The number of halogens is 5. The minimum Gasteiger partial charge on any atom is -0.295 e. The third-order valence-electron chi connectivity index (χ3n) is 2.48. The summed E-state index contributed by atoms with van der Waals surface area (Å²) in [6, 6.07) is 7.97. The summed E-state index contributed by atoms with van der Waals surface area (Å²) in [4.78, 5) is 12.1. The summed E-state index contributed by atoms with van der Waals surface area (Å²) in [5, 5.41) is 1.30. The highest BCUT2D eigenvalue weighted by molar-refractivity contribution is 9.10. The molecule has 0 aromatic heterocycles. The van der Waals surface area contributed by atoms with Crippen molar-refractivity contribution >= 4 is 73.9 Å². The second-order valence-electron chi connectivity index (χ2n) is 3.95. The van der Waals surface area contributed by atoms with Crippen LogP contribution in [0, 0.1) is 0 Å². The van der Waals surface area contributed by atoms with Crippen LogP contribution in [0.5, 0.6) is 0 Å². The van der Waals surface area contributed by atoms with Crippen molar-refractivity contribution in [3.8, 4) is 0 Å².